The normalized spacial score (nSPS) is 21.7. The Morgan fingerprint density at radius 2 is 1.79 bits per heavy atom. The third kappa shape index (κ3) is 6.20. The Balaban J connectivity index is 1.43. The average molecular weight is 411 g/mol. The Hall–Kier alpha value is -2.13. The van der Waals surface area contributed by atoms with Crippen LogP contribution in [0.1, 0.15) is 31.2 Å². The van der Waals surface area contributed by atoms with Crippen LogP contribution in [0.15, 0.2) is 24.3 Å². The number of methoxy groups -OCH3 is 1. The maximum Gasteiger partial charge on any atom is 0.293 e. The second-order valence-electron chi connectivity index (χ2n) is 7.70. The lowest BCUT2D eigenvalue weighted by Gasteiger charge is -2.19. The standard InChI is InChI=1S/C19H27N3O5S/c1-27-17-6-2-14(3-7-17)11-22(16-4-5-16)12-19(24)21-20-18(23)10-15-8-9-28(25,26)13-15/h2-3,6-7,15-16H,4-5,8-13H2,1H3,(H,20,23)(H,21,24)/p+1/t15-/m1/s1. The van der Waals surface area contributed by atoms with Crippen LogP contribution in [0.4, 0.5) is 0 Å². The number of carbonyl (C=O) groups is 2. The van der Waals surface area contributed by atoms with E-state index in [1.807, 2.05) is 24.3 Å². The number of quaternary nitrogens is 1. The first-order valence-electron chi connectivity index (χ1n) is 9.60. The van der Waals surface area contributed by atoms with E-state index in [2.05, 4.69) is 10.9 Å². The Morgan fingerprint density at radius 1 is 1.11 bits per heavy atom. The molecule has 0 spiro atoms. The molecule has 3 rings (SSSR count). The molecular formula is C19H28N3O5S+. The van der Waals surface area contributed by atoms with Gasteiger partial charge in [0.15, 0.2) is 16.4 Å². The molecule has 1 aromatic carbocycles. The fourth-order valence-corrected chi connectivity index (χ4v) is 5.45. The summed E-state index contributed by atoms with van der Waals surface area (Å²) in [7, 11) is -1.38. The van der Waals surface area contributed by atoms with Crippen LogP contribution in [-0.4, -0.2) is 51.4 Å². The Morgan fingerprint density at radius 3 is 2.36 bits per heavy atom. The molecule has 0 bridgehead atoms. The summed E-state index contributed by atoms with van der Waals surface area (Å²) in [6.45, 7) is 1.00. The minimum atomic E-state index is -3.00. The fraction of sp³-hybridized carbons (Fsp3) is 0.579. The van der Waals surface area contributed by atoms with Gasteiger partial charge in [0.1, 0.15) is 12.3 Å². The topological polar surface area (TPSA) is 106 Å². The van der Waals surface area contributed by atoms with Gasteiger partial charge in [0.2, 0.25) is 5.91 Å². The molecule has 1 heterocycles. The van der Waals surface area contributed by atoms with Crippen LogP contribution in [0.25, 0.3) is 0 Å². The molecule has 1 aliphatic heterocycles. The second-order valence-corrected chi connectivity index (χ2v) is 9.93. The predicted octanol–water partition coefficient (Wildman–Crippen LogP) is -0.785. The predicted molar refractivity (Wildman–Crippen MR) is 103 cm³/mol. The lowest BCUT2D eigenvalue weighted by atomic mass is 10.1. The highest BCUT2D eigenvalue weighted by molar-refractivity contribution is 7.91. The van der Waals surface area contributed by atoms with E-state index in [0.29, 0.717) is 12.5 Å². The highest BCUT2D eigenvalue weighted by atomic mass is 32.2. The quantitative estimate of drug-likeness (QED) is 0.488. The average Bonchev–Trinajstić information content (AvgIpc) is 3.44. The van der Waals surface area contributed by atoms with E-state index in [-0.39, 0.29) is 42.2 Å². The van der Waals surface area contributed by atoms with Crippen molar-refractivity contribution < 1.29 is 27.6 Å². The fourth-order valence-electron chi connectivity index (χ4n) is 3.58. The number of sulfone groups is 1. The SMILES string of the molecule is COc1ccc(C[NH+](CC(=O)NNC(=O)C[C@H]2CCS(=O)(=O)C2)C2CC2)cc1. The van der Waals surface area contributed by atoms with E-state index in [1.54, 1.807) is 7.11 Å². The van der Waals surface area contributed by atoms with Crippen molar-refractivity contribution in [3.8, 4) is 5.75 Å². The molecular weight excluding hydrogens is 382 g/mol. The van der Waals surface area contributed by atoms with E-state index in [9.17, 15) is 18.0 Å². The number of nitrogens with one attached hydrogen (secondary N) is 3. The summed E-state index contributed by atoms with van der Waals surface area (Å²) in [6.07, 6.45) is 2.82. The number of amides is 2. The molecule has 9 heteroatoms. The minimum Gasteiger partial charge on any atom is -0.497 e. The molecule has 1 aromatic rings. The summed E-state index contributed by atoms with van der Waals surface area (Å²) < 4.78 is 28.1. The summed E-state index contributed by atoms with van der Waals surface area (Å²) in [5.74, 6) is 0.234. The summed E-state index contributed by atoms with van der Waals surface area (Å²) in [6, 6.07) is 8.27. The molecule has 28 heavy (non-hydrogen) atoms. The molecule has 154 valence electrons. The van der Waals surface area contributed by atoms with Gasteiger partial charge in [-0.1, -0.05) is 0 Å². The first-order chi connectivity index (χ1) is 13.3. The highest BCUT2D eigenvalue weighted by Crippen LogP contribution is 2.21. The third-order valence-corrected chi connectivity index (χ3v) is 7.11. The van der Waals surface area contributed by atoms with Gasteiger partial charge < -0.3 is 9.64 Å². The molecule has 0 aromatic heterocycles. The largest absolute Gasteiger partial charge is 0.497 e. The van der Waals surface area contributed by atoms with Gasteiger partial charge in [-0.3, -0.25) is 20.4 Å². The van der Waals surface area contributed by atoms with E-state index in [0.717, 1.165) is 30.7 Å². The van der Waals surface area contributed by atoms with Crippen LogP contribution >= 0.6 is 0 Å². The first-order valence-corrected chi connectivity index (χ1v) is 11.4. The van der Waals surface area contributed by atoms with Gasteiger partial charge in [0, 0.05) is 24.8 Å². The summed E-state index contributed by atoms with van der Waals surface area (Å²) in [5.41, 5.74) is 6.01. The lowest BCUT2D eigenvalue weighted by molar-refractivity contribution is -0.917. The van der Waals surface area contributed by atoms with Crippen molar-refractivity contribution in [2.75, 3.05) is 25.2 Å². The number of carbonyl (C=O) groups excluding carboxylic acids is 2. The van der Waals surface area contributed by atoms with Crippen LogP contribution in [0, 0.1) is 5.92 Å². The Labute approximate surface area is 165 Å². The zero-order valence-corrected chi connectivity index (χ0v) is 16.9. The van der Waals surface area contributed by atoms with E-state index < -0.39 is 9.84 Å². The molecule has 2 fully saturated rings. The number of hydrazine groups is 1. The van der Waals surface area contributed by atoms with Crippen molar-refractivity contribution >= 4 is 21.7 Å². The Kier molecular flexibility index (Phi) is 6.56. The molecule has 1 saturated carbocycles. The second kappa shape index (κ2) is 8.91. The number of benzene rings is 1. The zero-order valence-electron chi connectivity index (χ0n) is 16.1. The molecule has 2 aliphatic rings. The van der Waals surface area contributed by atoms with Gasteiger partial charge >= 0.3 is 0 Å². The number of rotatable bonds is 8. The smallest absolute Gasteiger partial charge is 0.293 e. The molecule has 1 saturated heterocycles. The molecule has 1 unspecified atom stereocenters. The van der Waals surface area contributed by atoms with Gasteiger partial charge in [0.05, 0.1) is 24.7 Å². The van der Waals surface area contributed by atoms with E-state index in [4.69, 9.17) is 4.74 Å². The third-order valence-electron chi connectivity index (χ3n) is 5.27. The molecule has 0 radical (unpaired) electrons. The van der Waals surface area contributed by atoms with Crippen molar-refractivity contribution in [1.29, 1.82) is 0 Å². The van der Waals surface area contributed by atoms with Gasteiger partial charge in [-0.2, -0.15) is 0 Å². The van der Waals surface area contributed by atoms with Crippen LogP contribution in [0.3, 0.4) is 0 Å². The molecule has 2 atom stereocenters. The van der Waals surface area contributed by atoms with E-state index in [1.165, 1.54) is 4.90 Å². The molecule has 1 aliphatic carbocycles. The maximum atomic E-state index is 12.3. The van der Waals surface area contributed by atoms with Crippen LogP contribution in [0.2, 0.25) is 0 Å². The van der Waals surface area contributed by atoms with Gasteiger partial charge in [-0.05, 0) is 36.6 Å². The highest BCUT2D eigenvalue weighted by Gasteiger charge is 2.35. The molecule has 8 nitrogen and oxygen atoms in total. The number of ether oxygens (including phenoxy) is 1. The zero-order chi connectivity index (χ0) is 20.1. The van der Waals surface area contributed by atoms with Crippen molar-refractivity contribution in [1.82, 2.24) is 10.9 Å². The van der Waals surface area contributed by atoms with Crippen LogP contribution in [-0.2, 0) is 26.0 Å². The van der Waals surface area contributed by atoms with Crippen molar-refractivity contribution in [3.05, 3.63) is 29.8 Å². The summed E-state index contributed by atoms with van der Waals surface area (Å²) >= 11 is 0. The van der Waals surface area contributed by atoms with Gasteiger partial charge in [-0.15, -0.1) is 0 Å². The number of hydrogen-bond acceptors (Lipinski definition) is 5. The minimum absolute atomic E-state index is 0.0514. The Bertz CT molecular complexity index is 805. The van der Waals surface area contributed by atoms with Crippen molar-refractivity contribution in [2.45, 2.75) is 38.3 Å². The lowest BCUT2D eigenvalue weighted by Crippen LogP contribution is -3.13. The van der Waals surface area contributed by atoms with Gasteiger partial charge in [-0.25, -0.2) is 8.42 Å². The van der Waals surface area contributed by atoms with E-state index >= 15 is 0 Å². The van der Waals surface area contributed by atoms with Gasteiger partial charge in [0.25, 0.3) is 5.91 Å². The number of hydrogen-bond donors (Lipinski definition) is 3. The summed E-state index contributed by atoms with van der Waals surface area (Å²) in [4.78, 5) is 25.4. The van der Waals surface area contributed by atoms with Crippen LogP contribution in [0.5, 0.6) is 5.75 Å². The maximum absolute atomic E-state index is 12.3. The first kappa shape index (κ1) is 20.6. The summed E-state index contributed by atoms with van der Waals surface area (Å²) in [5, 5.41) is 0. The van der Waals surface area contributed by atoms with Crippen LogP contribution < -0.4 is 20.5 Å². The van der Waals surface area contributed by atoms with Crippen molar-refractivity contribution in [3.63, 3.8) is 0 Å². The molecule has 3 N–H and O–H groups in total. The van der Waals surface area contributed by atoms with Crippen molar-refractivity contribution in [2.24, 2.45) is 5.92 Å². The monoisotopic (exact) mass is 410 g/mol. The molecule has 2 amide bonds.